The SMILES string of the molecule is CN1CC[N+](C)(CCCS(=O)(=O)N(O)c2cccc(Cl)c2)CC1.[Cl-]. The van der Waals surface area contributed by atoms with Gasteiger partial charge in [0.15, 0.2) is 0 Å². The molecule has 1 N–H and O–H groups in total. The predicted octanol–water partition coefficient (Wildman–Crippen LogP) is -1.35. The number of sulfonamides is 1. The Hall–Kier alpha value is -0.570. The van der Waals surface area contributed by atoms with Crippen LogP contribution in [0.15, 0.2) is 24.3 Å². The van der Waals surface area contributed by atoms with E-state index in [0.29, 0.717) is 15.9 Å². The highest BCUT2D eigenvalue weighted by Crippen LogP contribution is 2.21. The lowest BCUT2D eigenvalue weighted by Gasteiger charge is -2.41. The lowest BCUT2D eigenvalue weighted by molar-refractivity contribution is -0.913. The summed E-state index contributed by atoms with van der Waals surface area (Å²) < 4.78 is 25.7. The molecule has 0 amide bonds. The van der Waals surface area contributed by atoms with Crippen LogP contribution in [0.25, 0.3) is 0 Å². The van der Waals surface area contributed by atoms with Gasteiger partial charge in [-0.15, -0.1) is 4.47 Å². The van der Waals surface area contributed by atoms with Gasteiger partial charge in [0.05, 0.1) is 38.1 Å². The molecule has 1 heterocycles. The molecule has 9 heteroatoms. The molecule has 24 heavy (non-hydrogen) atoms. The fourth-order valence-electron chi connectivity index (χ4n) is 2.74. The number of halogens is 2. The molecule has 6 nitrogen and oxygen atoms in total. The minimum absolute atomic E-state index is 0. The zero-order valence-corrected chi connectivity index (χ0v) is 16.4. The van der Waals surface area contributed by atoms with Crippen molar-refractivity contribution in [3.05, 3.63) is 29.3 Å². The predicted molar refractivity (Wildman–Crippen MR) is 92.4 cm³/mol. The third-order valence-corrected chi connectivity index (χ3v) is 6.21. The molecule has 138 valence electrons. The first-order valence-corrected chi connectivity index (χ1v) is 9.70. The standard InChI is InChI=1S/C15H25ClN3O3S.ClH/c1-17-7-10-19(2,11-8-17)9-4-12-23(21,22)18(20)15-6-3-5-14(16)13-15;/h3,5-6,13,20H,4,7-12H2,1-2H3;1H/q+1;/p-1. The van der Waals surface area contributed by atoms with Crippen molar-refractivity contribution in [1.29, 1.82) is 0 Å². The Bertz CT molecular complexity index is 635. The van der Waals surface area contributed by atoms with Crippen LogP contribution < -0.4 is 16.9 Å². The molecule has 0 atom stereocenters. The highest BCUT2D eigenvalue weighted by atomic mass is 35.5. The monoisotopic (exact) mass is 397 g/mol. The van der Waals surface area contributed by atoms with E-state index in [9.17, 15) is 13.6 Å². The summed E-state index contributed by atoms with van der Waals surface area (Å²) in [6.45, 7) is 4.88. The van der Waals surface area contributed by atoms with E-state index in [1.807, 2.05) is 0 Å². The van der Waals surface area contributed by atoms with Gasteiger partial charge >= 0.3 is 0 Å². The second-order valence-electron chi connectivity index (χ2n) is 6.49. The lowest BCUT2D eigenvalue weighted by Crippen LogP contribution is -3.00. The minimum Gasteiger partial charge on any atom is -1.00 e. The minimum atomic E-state index is -3.76. The van der Waals surface area contributed by atoms with Gasteiger partial charge in [-0.05, 0) is 25.2 Å². The summed E-state index contributed by atoms with van der Waals surface area (Å²) >= 11 is 5.84. The molecule has 0 spiro atoms. The van der Waals surface area contributed by atoms with E-state index in [1.165, 1.54) is 12.1 Å². The van der Waals surface area contributed by atoms with Crippen molar-refractivity contribution in [3.8, 4) is 0 Å². The van der Waals surface area contributed by atoms with Crippen molar-refractivity contribution in [2.75, 3.05) is 57.0 Å². The number of likely N-dealkylation sites (N-methyl/N-ethyl adjacent to an activating group) is 2. The third kappa shape index (κ3) is 5.75. The van der Waals surface area contributed by atoms with Crippen LogP contribution in [0.1, 0.15) is 6.42 Å². The summed E-state index contributed by atoms with van der Waals surface area (Å²) in [6, 6.07) is 6.17. The van der Waals surface area contributed by atoms with E-state index in [1.54, 1.807) is 12.1 Å². The van der Waals surface area contributed by atoms with Crippen LogP contribution in [0.4, 0.5) is 5.69 Å². The molecule has 0 bridgehead atoms. The van der Waals surface area contributed by atoms with Gasteiger partial charge in [0.25, 0.3) is 10.0 Å². The molecule has 0 saturated carbocycles. The Kier molecular flexibility index (Phi) is 7.77. The van der Waals surface area contributed by atoms with Gasteiger partial charge < -0.3 is 16.9 Å². The van der Waals surface area contributed by atoms with Crippen molar-refractivity contribution >= 4 is 27.3 Å². The molecule has 0 aliphatic carbocycles. The maximum Gasteiger partial charge on any atom is 0.257 e. The van der Waals surface area contributed by atoms with Crippen LogP contribution in [0, 0.1) is 0 Å². The van der Waals surface area contributed by atoms with Crippen LogP contribution in [-0.2, 0) is 10.0 Å². The molecule has 1 aliphatic heterocycles. The van der Waals surface area contributed by atoms with Gasteiger partial charge in [0, 0.05) is 24.5 Å². The largest absolute Gasteiger partial charge is 1.00 e. The van der Waals surface area contributed by atoms with E-state index in [2.05, 4.69) is 19.0 Å². The molecule has 0 radical (unpaired) electrons. The van der Waals surface area contributed by atoms with Crippen LogP contribution in [0.3, 0.4) is 0 Å². The molecule has 1 saturated heterocycles. The average molecular weight is 398 g/mol. The van der Waals surface area contributed by atoms with Crippen LogP contribution in [0.5, 0.6) is 0 Å². The molecule has 0 aromatic heterocycles. The number of quaternary nitrogens is 1. The fraction of sp³-hybridized carbons (Fsp3) is 0.600. The highest BCUT2D eigenvalue weighted by molar-refractivity contribution is 7.92. The first kappa shape index (κ1) is 21.5. The van der Waals surface area contributed by atoms with Crippen molar-refractivity contribution in [1.82, 2.24) is 4.90 Å². The Morgan fingerprint density at radius 1 is 1.33 bits per heavy atom. The second-order valence-corrected chi connectivity index (χ2v) is 8.84. The summed E-state index contributed by atoms with van der Waals surface area (Å²) in [7, 11) is 0.501. The maximum absolute atomic E-state index is 12.3. The normalized spacial score (nSPS) is 18.0. The number of piperazine rings is 1. The van der Waals surface area contributed by atoms with Gasteiger partial charge in [-0.25, -0.2) is 8.42 Å². The van der Waals surface area contributed by atoms with E-state index < -0.39 is 10.0 Å². The number of rotatable bonds is 6. The molecule has 1 aliphatic rings. The number of anilines is 1. The summed E-state index contributed by atoms with van der Waals surface area (Å²) in [5.41, 5.74) is 0.164. The molecule has 2 rings (SSSR count). The molecule has 1 aromatic rings. The second kappa shape index (κ2) is 8.69. The first-order valence-electron chi connectivity index (χ1n) is 7.71. The smallest absolute Gasteiger partial charge is 0.257 e. The summed E-state index contributed by atoms with van der Waals surface area (Å²) in [5, 5.41) is 10.4. The van der Waals surface area contributed by atoms with Gasteiger partial charge in [-0.2, -0.15) is 0 Å². The quantitative estimate of drug-likeness (QED) is 0.476. The Morgan fingerprint density at radius 2 is 1.96 bits per heavy atom. The summed E-state index contributed by atoms with van der Waals surface area (Å²) in [4.78, 5) is 2.28. The Labute approximate surface area is 155 Å². The number of hydrogen-bond donors (Lipinski definition) is 1. The molecular weight excluding hydrogens is 373 g/mol. The van der Waals surface area contributed by atoms with Crippen molar-refractivity contribution in [2.24, 2.45) is 0 Å². The Morgan fingerprint density at radius 3 is 2.54 bits per heavy atom. The topological polar surface area (TPSA) is 60.9 Å². The molecular formula is C15H25Cl2N3O3S. The Balaban J connectivity index is 0.00000288. The van der Waals surface area contributed by atoms with Crippen molar-refractivity contribution in [3.63, 3.8) is 0 Å². The average Bonchev–Trinajstić information content (AvgIpc) is 2.49. The number of benzene rings is 1. The molecule has 0 unspecified atom stereocenters. The van der Waals surface area contributed by atoms with E-state index in [4.69, 9.17) is 11.6 Å². The lowest BCUT2D eigenvalue weighted by atomic mass is 10.2. The molecule has 1 aromatic carbocycles. The number of hydrogen-bond acceptors (Lipinski definition) is 4. The summed E-state index contributed by atoms with van der Waals surface area (Å²) in [5.74, 6) is -0.0836. The first-order chi connectivity index (χ1) is 10.7. The van der Waals surface area contributed by atoms with Crippen LogP contribution in [0.2, 0.25) is 5.02 Å². The van der Waals surface area contributed by atoms with E-state index in [-0.39, 0.29) is 23.8 Å². The zero-order valence-electron chi connectivity index (χ0n) is 14.0. The van der Waals surface area contributed by atoms with E-state index in [0.717, 1.165) is 37.2 Å². The van der Waals surface area contributed by atoms with Gasteiger partial charge in [0.2, 0.25) is 0 Å². The van der Waals surface area contributed by atoms with Gasteiger partial charge in [-0.1, -0.05) is 17.7 Å². The van der Waals surface area contributed by atoms with Crippen LogP contribution >= 0.6 is 11.6 Å². The summed E-state index contributed by atoms with van der Waals surface area (Å²) in [6.07, 6.45) is 0.514. The van der Waals surface area contributed by atoms with Crippen LogP contribution in [-0.4, -0.2) is 75.6 Å². The third-order valence-electron chi connectivity index (χ3n) is 4.44. The molecule has 1 fully saturated rings. The number of nitrogens with zero attached hydrogens (tertiary/aromatic N) is 3. The van der Waals surface area contributed by atoms with Crippen molar-refractivity contribution in [2.45, 2.75) is 6.42 Å². The van der Waals surface area contributed by atoms with Gasteiger partial charge in [0.1, 0.15) is 0 Å². The maximum atomic E-state index is 12.3. The highest BCUT2D eigenvalue weighted by Gasteiger charge is 2.28. The zero-order chi connectivity index (χ0) is 17.1. The fourth-order valence-corrected chi connectivity index (χ4v) is 4.03. The van der Waals surface area contributed by atoms with E-state index >= 15 is 0 Å². The van der Waals surface area contributed by atoms with Gasteiger partial charge in [-0.3, -0.25) is 10.1 Å². The van der Waals surface area contributed by atoms with Crippen molar-refractivity contribution < 1.29 is 30.5 Å².